The Bertz CT molecular complexity index is 786. The van der Waals surface area contributed by atoms with Crippen molar-refractivity contribution in [2.75, 3.05) is 4.72 Å². The van der Waals surface area contributed by atoms with Crippen molar-refractivity contribution in [1.82, 2.24) is 5.16 Å². The van der Waals surface area contributed by atoms with E-state index in [1.165, 1.54) is 32.0 Å². The lowest BCUT2D eigenvalue weighted by molar-refractivity contribution is 0.390. The van der Waals surface area contributed by atoms with Gasteiger partial charge in [-0.25, -0.2) is 8.42 Å². The van der Waals surface area contributed by atoms with Gasteiger partial charge in [0.25, 0.3) is 10.0 Å². The maximum atomic E-state index is 12.3. The summed E-state index contributed by atoms with van der Waals surface area (Å²) in [7, 11) is -3.85. The van der Waals surface area contributed by atoms with Gasteiger partial charge in [-0.15, -0.1) is 0 Å². The van der Waals surface area contributed by atoms with Crippen molar-refractivity contribution in [2.24, 2.45) is 0 Å². The summed E-state index contributed by atoms with van der Waals surface area (Å²) in [6.07, 6.45) is 0. The topological polar surface area (TPSA) is 96.0 Å². The highest BCUT2D eigenvalue weighted by Crippen LogP contribution is 2.27. The summed E-state index contributed by atoms with van der Waals surface area (Å²) in [5, 5.41) is 12.5. The van der Waals surface area contributed by atoms with Crippen LogP contribution in [0.15, 0.2) is 27.6 Å². The normalized spacial score (nSPS) is 11.1. The molecule has 0 spiro atoms. The monoisotopic (exact) mass is 311 g/mol. The molecule has 0 unspecified atom stereocenters. The second-order valence-electron chi connectivity index (χ2n) is 4.07. The van der Waals surface area contributed by atoms with Crippen LogP contribution in [0.2, 0.25) is 5.02 Å². The molecule has 0 fully saturated rings. The van der Waals surface area contributed by atoms with Crippen LogP contribution in [0.5, 0.6) is 0 Å². The lowest BCUT2D eigenvalue weighted by Crippen LogP contribution is -2.14. The Morgan fingerprint density at radius 1 is 1.40 bits per heavy atom. The van der Waals surface area contributed by atoms with Crippen molar-refractivity contribution in [1.29, 1.82) is 5.26 Å². The molecule has 1 heterocycles. The van der Waals surface area contributed by atoms with Gasteiger partial charge in [0, 0.05) is 0 Å². The van der Waals surface area contributed by atoms with Crippen molar-refractivity contribution >= 4 is 27.3 Å². The third-order valence-electron chi connectivity index (χ3n) is 2.58. The molecule has 0 amide bonds. The molecule has 0 aliphatic rings. The van der Waals surface area contributed by atoms with E-state index < -0.39 is 10.0 Å². The quantitative estimate of drug-likeness (QED) is 0.940. The molecule has 0 saturated carbocycles. The van der Waals surface area contributed by atoms with Crippen LogP contribution in [0.3, 0.4) is 0 Å². The van der Waals surface area contributed by atoms with Gasteiger partial charge >= 0.3 is 0 Å². The van der Waals surface area contributed by atoms with Crippen molar-refractivity contribution in [3.8, 4) is 6.07 Å². The maximum absolute atomic E-state index is 12.3. The average Bonchev–Trinajstić information content (AvgIpc) is 2.72. The van der Waals surface area contributed by atoms with E-state index in [2.05, 4.69) is 9.88 Å². The smallest absolute Gasteiger partial charge is 0.267 e. The summed E-state index contributed by atoms with van der Waals surface area (Å²) in [6, 6.07) is 6.20. The largest absolute Gasteiger partial charge is 0.360 e. The number of anilines is 1. The highest BCUT2D eigenvalue weighted by Gasteiger charge is 2.24. The van der Waals surface area contributed by atoms with Crippen LogP contribution in [0, 0.1) is 25.2 Å². The molecule has 1 aromatic heterocycles. The SMILES string of the molecule is Cc1noc(C)c1S(=O)(=O)Nc1ccc(C#N)cc1Cl. The van der Waals surface area contributed by atoms with E-state index in [-0.39, 0.29) is 27.1 Å². The third-order valence-corrected chi connectivity index (χ3v) is 4.50. The number of rotatable bonds is 3. The van der Waals surface area contributed by atoms with Gasteiger partial charge in [-0.2, -0.15) is 5.26 Å². The zero-order valence-electron chi connectivity index (χ0n) is 10.6. The minimum Gasteiger partial charge on any atom is -0.360 e. The Kier molecular flexibility index (Phi) is 3.70. The van der Waals surface area contributed by atoms with E-state index in [1.54, 1.807) is 0 Å². The zero-order chi connectivity index (χ0) is 14.9. The molecule has 0 radical (unpaired) electrons. The first-order valence-electron chi connectivity index (χ1n) is 5.50. The van der Waals surface area contributed by atoms with E-state index in [0.717, 1.165) is 0 Å². The van der Waals surface area contributed by atoms with Crippen molar-refractivity contribution in [3.05, 3.63) is 40.2 Å². The molecular formula is C12H10ClN3O3S. The Morgan fingerprint density at radius 2 is 2.10 bits per heavy atom. The van der Waals surface area contributed by atoms with Crippen LogP contribution < -0.4 is 4.72 Å². The second-order valence-corrected chi connectivity index (χ2v) is 6.09. The van der Waals surface area contributed by atoms with Crippen molar-refractivity contribution in [2.45, 2.75) is 18.7 Å². The van der Waals surface area contributed by atoms with Gasteiger partial charge in [0.1, 0.15) is 5.69 Å². The van der Waals surface area contributed by atoms with Gasteiger partial charge in [0.15, 0.2) is 10.7 Å². The number of hydrogen-bond acceptors (Lipinski definition) is 5. The number of nitrogens with zero attached hydrogens (tertiary/aromatic N) is 2. The molecule has 0 bridgehead atoms. The summed E-state index contributed by atoms with van der Waals surface area (Å²) < 4.78 is 31.7. The predicted octanol–water partition coefficient (Wildman–Crippen LogP) is 2.62. The van der Waals surface area contributed by atoms with Crippen LogP contribution in [-0.2, 0) is 10.0 Å². The van der Waals surface area contributed by atoms with Crippen LogP contribution in [0.25, 0.3) is 0 Å². The van der Waals surface area contributed by atoms with Crippen LogP contribution in [0.1, 0.15) is 17.0 Å². The number of aryl methyl sites for hydroxylation is 2. The number of benzene rings is 1. The van der Waals surface area contributed by atoms with Gasteiger partial charge < -0.3 is 4.52 Å². The van der Waals surface area contributed by atoms with E-state index >= 15 is 0 Å². The fourth-order valence-corrected chi connectivity index (χ4v) is 3.42. The van der Waals surface area contributed by atoms with Gasteiger partial charge in [0.05, 0.1) is 22.3 Å². The molecule has 1 N–H and O–H groups in total. The number of halogens is 1. The summed E-state index contributed by atoms with van der Waals surface area (Å²) in [5.41, 5.74) is 0.792. The molecule has 2 rings (SSSR count). The highest BCUT2D eigenvalue weighted by molar-refractivity contribution is 7.92. The first-order chi connectivity index (χ1) is 9.35. The summed E-state index contributed by atoms with van der Waals surface area (Å²) in [6.45, 7) is 3.04. The number of nitriles is 1. The molecule has 20 heavy (non-hydrogen) atoms. The molecular weight excluding hydrogens is 302 g/mol. The van der Waals surface area contributed by atoms with E-state index in [4.69, 9.17) is 21.4 Å². The Hall–Kier alpha value is -2.04. The predicted molar refractivity (Wildman–Crippen MR) is 73.0 cm³/mol. The van der Waals surface area contributed by atoms with Crippen LogP contribution >= 0.6 is 11.6 Å². The van der Waals surface area contributed by atoms with Gasteiger partial charge in [0.2, 0.25) is 0 Å². The first kappa shape index (κ1) is 14.4. The lowest BCUT2D eigenvalue weighted by atomic mass is 10.2. The van der Waals surface area contributed by atoms with Gasteiger partial charge in [-0.3, -0.25) is 4.72 Å². The standard InChI is InChI=1S/C12H10ClN3O3S/c1-7-12(8(2)19-15-7)20(17,18)16-11-4-3-9(6-14)5-10(11)13/h3-5,16H,1-2H3. The maximum Gasteiger partial charge on any atom is 0.267 e. The fourth-order valence-electron chi connectivity index (χ4n) is 1.72. The average molecular weight is 312 g/mol. The molecule has 2 aromatic rings. The molecule has 0 atom stereocenters. The Morgan fingerprint density at radius 3 is 2.60 bits per heavy atom. The zero-order valence-corrected chi connectivity index (χ0v) is 12.2. The van der Waals surface area contributed by atoms with E-state index in [9.17, 15) is 8.42 Å². The van der Waals surface area contributed by atoms with E-state index in [1.807, 2.05) is 6.07 Å². The molecule has 104 valence electrons. The number of sulfonamides is 1. The minimum absolute atomic E-state index is 0.0158. The summed E-state index contributed by atoms with van der Waals surface area (Å²) in [5.74, 6) is 0.194. The van der Waals surface area contributed by atoms with Crippen molar-refractivity contribution in [3.63, 3.8) is 0 Å². The fraction of sp³-hybridized carbons (Fsp3) is 0.167. The number of hydrogen-bond donors (Lipinski definition) is 1. The molecule has 8 heteroatoms. The molecule has 0 aliphatic heterocycles. The number of nitrogens with one attached hydrogen (secondary N) is 1. The highest BCUT2D eigenvalue weighted by atomic mass is 35.5. The molecule has 1 aromatic carbocycles. The van der Waals surface area contributed by atoms with Crippen LogP contribution in [-0.4, -0.2) is 13.6 Å². The van der Waals surface area contributed by atoms with Crippen LogP contribution in [0.4, 0.5) is 5.69 Å². The summed E-state index contributed by atoms with van der Waals surface area (Å²) >= 11 is 5.94. The van der Waals surface area contributed by atoms with Crippen molar-refractivity contribution < 1.29 is 12.9 Å². The third kappa shape index (κ3) is 2.61. The Balaban J connectivity index is 2.42. The molecule has 6 nitrogen and oxygen atoms in total. The second kappa shape index (κ2) is 5.15. The van der Waals surface area contributed by atoms with Gasteiger partial charge in [-0.05, 0) is 32.0 Å². The minimum atomic E-state index is -3.85. The van der Waals surface area contributed by atoms with Gasteiger partial charge in [-0.1, -0.05) is 16.8 Å². The summed E-state index contributed by atoms with van der Waals surface area (Å²) in [4.78, 5) is -0.0158. The van der Waals surface area contributed by atoms with E-state index in [0.29, 0.717) is 5.56 Å². The molecule has 0 saturated heterocycles. The lowest BCUT2D eigenvalue weighted by Gasteiger charge is -2.09. The first-order valence-corrected chi connectivity index (χ1v) is 7.36. The molecule has 0 aliphatic carbocycles. The Labute approximate surface area is 121 Å². The number of aromatic nitrogens is 1.